The Morgan fingerprint density at radius 3 is 2.05 bits per heavy atom. The minimum atomic E-state index is -4.66. The number of hydrogen-bond acceptors (Lipinski definition) is 4. The van der Waals surface area contributed by atoms with Crippen LogP contribution in [0.25, 0.3) is 0 Å². The molecule has 3 unspecified atom stereocenters. The van der Waals surface area contributed by atoms with Crippen molar-refractivity contribution in [2.24, 2.45) is 11.8 Å². The number of alkyl halides is 3. The molecule has 1 heterocycles. The molecular weight excluding hydrogens is 301 g/mol. The normalized spacial score (nSPS) is 24.5. The molecule has 1 aliphatic heterocycles. The standard InChI is InChI=1S/C11H17F3O3S2/c1-6(9(16)17)8(11(12,13)14)10(7(2)15)18-4-3-5-19-10/h6-8,15H,3-5H2,1-2H3,(H,16,17). The number of thioether (sulfide) groups is 2. The molecule has 1 fully saturated rings. The predicted octanol–water partition coefficient (Wildman–Crippen LogP) is 2.83. The molecule has 0 aromatic carbocycles. The molecule has 3 atom stereocenters. The van der Waals surface area contributed by atoms with Gasteiger partial charge in [-0.15, -0.1) is 23.5 Å². The maximum atomic E-state index is 13.3. The van der Waals surface area contributed by atoms with Gasteiger partial charge >= 0.3 is 12.1 Å². The van der Waals surface area contributed by atoms with Gasteiger partial charge in [0.15, 0.2) is 0 Å². The molecule has 1 aliphatic rings. The highest BCUT2D eigenvalue weighted by atomic mass is 32.2. The Kier molecular flexibility index (Phi) is 5.48. The Bertz CT molecular complexity index is 328. The van der Waals surface area contributed by atoms with E-state index in [4.69, 9.17) is 5.11 Å². The first kappa shape index (κ1) is 17.0. The van der Waals surface area contributed by atoms with E-state index in [2.05, 4.69) is 0 Å². The van der Waals surface area contributed by atoms with E-state index in [1.807, 2.05) is 0 Å². The van der Waals surface area contributed by atoms with E-state index >= 15 is 0 Å². The molecule has 2 N–H and O–H groups in total. The number of rotatable bonds is 4. The van der Waals surface area contributed by atoms with Crippen LogP contribution >= 0.6 is 23.5 Å². The topological polar surface area (TPSA) is 57.5 Å². The number of carboxylic acid groups (broad SMARTS) is 1. The molecule has 0 bridgehead atoms. The Morgan fingerprint density at radius 1 is 1.26 bits per heavy atom. The van der Waals surface area contributed by atoms with Crippen LogP contribution in [0.2, 0.25) is 0 Å². The second kappa shape index (κ2) is 6.13. The van der Waals surface area contributed by atoms with Crippen molar-refractivity contribution >= 4 is 29.5 Å². The minimum Gasteiger partial charge on any atom is -0.481 e. The van der Waals surface area contributed by atoms with Crippen LogP contribution in [0.4, 0.5) is 13.2 Å². The fraction of sp³-hybridized carbons (Fsp3) is 0.909. The van der Waals surface area contributed by atoms with Crippen molar-refractivity contribution in [2.75, 3.05) is 11.5 Å². The summed E-state index contributed by atoms with van der Waals surface area (Å²) < 4.78 is 38.4. The highest BCUT2D eigenvalue weighted by Gasteiger charge is 2.60. The van der Waals surface area contributed by atoms with E-state index < -0.39 is 34.2 Å². The summed E-state index contributed by atoms with van der Waals surface area (Å²) in [5, 5.41) is 18.8. The van der Waals surface area contributed by atoms with Crippen LogP contribution in [0.1, 0.15) is 20.3 Å². The zero-order chi connectivity index (χ0) is 14.8. The molecule has 1 rings (SSSR count). The lowest BCUT2D eigenvalue weighted by molar-refractivity contribution is -0.201. The first-order valence-electron chi connectivity index (χ1n) is 5.88. The summed E-state index contributed by atoms with van der Waals surface area (Å²) in [6.45, 7) is 2.36. The molecule has 0 amide bonds. The number of aliphatic hydroxyl groups excluding tert-OH is 1. The van der Waals surface area contributed by atoms with E-state index in [1.165, 1.54) is 6.92 Å². The summed E-state index contributed by atoms with van der Waals surface area (Å²) in [6.07, 6.45) is -5.14. The SMILES string of the molecule is CC(C(=O)O)C(C(F)(F)F)C1(C(C)O)SCCCS1. The zero-order valence-corrected chi connectivity index (χ0v) is 12.2. The Labute approximate surface area is 118 Å². The van der Waals surface area contributed by atoms with Gasteiger partial charge in [0.05, 0.1) is 22.0 Å². The van der Waals surface area contributed by atoms with Crippen molar-refractivity contribution in [3.63, 3.8) is 0 Å². The van der Waals surface area contributed by atoms with Crippen LogP contribution in [0.15, 0.2) is 0 Å². The fourth-order valence-corrected chi connectivity index (χ4v) is 6.00. The van der Waals surface area contributed by atoms with Crippen LogP contribution in [-0.4, -0.2) is 44.0 Å². The molecule has 3 nitrogen and oxygen atoms in total. The first-order chi connectivity index (χ1) is 8.63. The smallest absolute Gasteiger partial charge is 0.394 e. The molecule has 0 aliphatic carbocycles. The predicted molar refractivity (Wildman–Crippen MR) is 70.3 cm³/mol. The van der Waals surface area contributed by atoms with Crippen molar-refractivity contribution in [1.82, 2.24) is 0 Å². The molecule has 0 spiro atoms. The van der Waals surface area contributed by atoms with E-state index in [0.717, 1.165) is 36.9 Å². The third-order valence-corrected chi connectivity index (χ3v) is 6.99. The van der Waals surface area contributed by atoms with Gasteiger partial charge in [-0.2, -0.15) is 13.2 Å². The lowest BCUT2D eigenvalue weighted by Crippen LogP contribution is -2.53. The molecule has 19 heavy (non-hydrogen) atoms. The van der Waals surface area contributed by atoms with Gasteiger partial charge in [-0.25, -0.2) is 0 Å². The van der Waals surface area contributed by atoms with Gasteiger partial charge in [0.1, 0.15) is 0 Å². The van der Waals surface area contributed by atoms with Crippen LogP contribution in [0, 0.1) is 11.8 Å². The number of carboxylic acids is 1. The molecule has 0 aromatic rings. The van der Waals surface area contributed by atoms with Gasteiger partial charge in [0.2, 0.25) is 0 Å². The maximum absolute atomic E-state index is 13.3. The van der Waals surface area contributed by atoms with Crippen molar-refractivity contribution in [3.05, 3.63) is 0 Å². The van der Waals surface area contributed by atoms with Crippen LogP contribution < -0.4 is 0 Å². The fourth-order valence-electron chi connectivity index (χ4n) is 2.25. The minimum absolute atomic E-state index is 0.497. The molecular formula is C11H17F3O3S2. The Hall–Kier alpha value is -0.0800. The highest BCUT2D eigenvalue weighted by Crippen LogP contribution is 2.56. The average Bonchev–Trinajstić information content (AvgIpc) is 2.28. The lowest BCUT2D eigenvalue weighted by Gasteiger charge is -2.46. The van der Waals surface area contributed by atoms with Crippen LogP contribution in [0.3, 0.4) is 0 Å². The van der Waals surface area contributed by atoms with Gasteiger partial charge < -0.3 is 10.2 Å². The van der Waals surface area contributed by atoms with E-state index in [1.54, 1.807) is 0 Å². The second-order valence-corrected chi connectivity index (χ2v) is 7.60. The summed E-state index contributed by atoms with van der Waals surface area (Å²) in [5.74, 6) is -4.16. The van der Waals surface area contributed by atoms with Gasteiger partial charge in [0.25, 0.3) is 0 Å². The Balaban J connectivity index is 3.22. The van der Waals surface area contributed by atoms with Gasteiger partial charge in [-0.05, 0) is 24.9 Å². The quantitative estimate of drug-likeness (QED) is 0.835. The van der Waals surface area contributed by atoms with E-state index in [9.17, 15) is 23.1 Å². The van der Waals surface area contributed by atoms with Crippen molar-refractivity contribution in [2.45, 2.75) is 36.6 Å². The summed E-state index contributed by atoms with van der Waals surface area (Å²) in [5.41, 5.74) is 0. The van der Waals surface area contributed by atoms with Crippen LogP contribution in [-0.2, 0) is 4.79 Å². The Morgan fingerprint density at radius 2 is 1.74 bits per heavy atom. The lowest BCUT2D eigenvalue weighted by atomic mass is 9.87. The van der Waals surface area contributed by atoms with Gasteiger partial charge in [0, 0.05) is 0 Å². The summed E-state index contributed by atoms with van der Waals surface area (Å²) in [4.78, 5) is 11.0. The molecule has 0 saturated carbocycles. The number of hydrogen-bond donors (Lipinski definition) is 2. The number of aliphatic carboxylic acids is 1. The number of halogens is 3. The number of aliphatic hydroxyl groups is 1. The van der Waals surface area contributed by atoms with Gasteiger partial charge in [-0.1, -0.05) is 6.92 Å². The molecule has 112 valence electrons. The monoisotopic (exact) mass is 318 g/mol. The highest BCUT2D eigenvalue weighted by molar-refractivity contribution is 8.18. The largest absolute Gasteiger partial charge is 0.481 e. The molecule has 0 radical (unpaired) electrons. The average molecular weight is 318 g/mol. The van der Waals surface area contributed by atoms with E-state index in [-0.39, 0.29) is 0 Å². The third-order valence-electron chi connectivity index (χ3n) is 3.20. The van der Waals surface area contributed by atoms with Crippen LogP contribution in [0.5, 0.6) is 0 Å². The van der Waals surface area contributed by atoms with Crippen molar-refractivity contribution < 1.29 is 28.2 Å². The summed E-state index contributed by atoms with van der Waals surface area (Å²) in [7, 11) is 0. The molecule has 8 heteroatoms. The summed E-state index contributed by atoms with van der Waals surface area (Å²) in [6, 6.07) is 0. The van der Waals surface area contributed by atoms with Crippen molar-refractivity contribution in [1.29, 1.82) is 0 Å². The first-order valence-corrected chi connectivity index (χ1v) is 7.85. The molecule has 1 saturated heterocycles. The zero-order valence-electron chi connectivity index (χ0n) is 10.6. The van der Waals surface area contributed by atoms with E-state index in [0.29, 0.717) is 11.5 Å². The number of carbonyl (C=O) groups is 1. The van der Waals surface area contributed by atoms with Gasteiger partial charge in [-0.3, -0.25) is 4.79 Å². The summed E-state index contributed by atoms with van der Waals surface area (Å²) >= 11 is 2.06. The van der Waals surface area contributed by atoms with Crippen molar-refractivity contribution in [3.8, 4) is 0 Å². The maximum Gasteiger partial charge on any atom is 0.394 e. The second-order valence-electron chi connectivity index (χ2n) is 4.59. The molecule has 0 aromatic heterocycles. The third kappa shape index (κ3) is 3.52.